The molecule has 0 aliphatic carbocycles. The second-order valence-electron chi connectivity index (χ2n) is 7.20. The molecule has 0 saturated carbocycles. The lowest BCUT2D eigenvalue weighted by molar-refractivity contribution is 0.00423. The van der Waals surface area contributed by atoms with Gasteiger partial charge in [0.15, 0.2) is 0 Å². The van der Waals surface area contributed by atoms with Crippen molar-refractivity contribution in [3.63, 3.8) is 0 Å². The van der Waals surface area contributed by atoms with Gasteiger partial charge in [-0.2, -0.15) is 0 Å². The summed E-state index contributed by atoms with van der Waals surface area (Å²) in [5, 5.41) is 0. The van der Waals surface area contributed by atoms with E-state index in [0.29, 0.717) is 12.5 Å². The summed E-state index contributed by atoms with van der Waals surface area (Å²) in [4.78, 5) is 0. The number of anilines is 2. The Morgan fingerprint density at radius 1 is 0.833 bits per heavy atom. The molecule has 0 aliphatic heterocycles. The number of hydrogen-bond donors (Lipinski definition) is 2. The van der Waals surface area contributed by atoms with Crippen molar-refractivity contribution in [2.45, 2.75) is 33.8 Å². The number of hydrogen-bond acceptors (Lipinski definition) is 4. The van der Waals surface area contributed by atoms with E-state index in [-0.39, 0.29) is 11.5 Å². The van der Waals surface area contributed by atoms with E-state index >= 15 is 0 Å². The number of nitrogen functional groups attached to an aromatic ring is 2. The maximum atomic E-state index is 6.25. The highest BCUT2D eigenvalue weighted by Gasteiger charge is 2.35. The summed E-state index contributed by atoms with van der Waals surface area (Å²) < 4.78 is 12.2. The maximum absolute atomic E-state index is 6.25. The van der Waals surface area contributed by atoms with Crippen molar-refractivity contribution in [2.75, 3.05) is 18.1 Å². The first kappa shape index (κ1) is 18.0. The summed E-state index contributed by atoms with van der Waals surface area (Å²) in [5.41, 5.74) is 12.7. The molecular formula is C20H28N2O2. The normalized spacial score (nSPS) is 12.9. The molecule has 0 saturated heterocycles. The van der Waals surface area contributed by atoms with Crippen molar-refractivity contribution in [1.29, 1.82) is 0 Å². The van der Waals surface area contributed by atoms with E-state index in [4.69, 9.17) is 20.9 Å². The Morgan fingerprint density at radius 3 is 1.75 bits per heavy atom. The van der Waals surface area contributed by atoms with Crippen LogP contribution in [0.1, 0.15) is 27.7 Å². The summed E-state index contributed by atoms with van der Waals surface area (Å²) in [6, 6.07) is 15.0. The topological polar surface area (TPSA) is 70.5 Å². The van der Waals surface area contributed by atoms with E-state index in [9.17, 15) is 0 Å². The summed E-state index contributed by atoms with van der Waals surface area (Å²) in [6.07, 6.45) is 0.00917. The molecule has 0 aliphatic rings. The summed E-state index contributed by atoms with van der Waals surface area (Å²) in [5.74, 6) is 1.98. The standard InChI is InChI=1S/C20H28N2O2/c1-14(2)19(24-18-11-7-16(22)8-12-18)20(3,4)13-23-17-9-5-15(21)6-10-17/h5-12,14,19H,13,21-22H2,1-4H3. The van der Waals surface area contributed by atoms with Gasteiger partial charge >= 0.3 is 0 Å². The Kier molecular flexibility index (Phi) is 5.60. The Hall–Kier alpha value is -2.36. The fourth-order valence-corrected chi connectivity index (χ4v) is 2.81. The summed E-state index contributed by atoms with van der Waals surface area (Å²) >= 11 is 0. The van der Waals surface area contributed by atoms with Crippen molar-refractivity contribution < 1.29 is 9.47 Å². The van der Waals surface area contributed by atoms with Crippen molar-refractivity contribution in [3.8, 4) is 11.5 Å². The molecule has 2 aromatic rings. The van der Waals surface area contributed by atoms with E-state index in [1.165, 1.54) is 0 Å². The van der Waals surface area contributed by atoms with Crippen LogP contribution in [-0.4, -0.2) is 12.7 Å². The lowest BCUT2D eigenvalue weighted by Crippen LogP contribution is -2.42. The van der Waals surface area contributed by atoms with Crippen molar-refractivity contribution in [1.82, 2.24) is 0 Å². The van der Waals surface area contributed by atoms with Crippen LogP contribution in [0.4, 0.5) is 11.4 Å². The largest absolute Gasteiger partial charge is 0.493 e. The molecule has 4 heteroatoms. The van der Waals surface area contributed by atoms with Crippen LogP contribution >= 0.6 is 0 Å². The summed E-state index contributed by atoms with van der Waals surface area (Å²) in [7, 11) is 0. The average Bonchev–Trinajstić information content (AvgIpc) is 2.53. The Balaban J connectivity index is 2.06. The first-order chi connectivity index (χ1) is 11.3. The number of ether oxygens (including phenoxy) is 2. The smallest absolute Gasteiger partial charge is 0.119 e. The predicted molar refractivity (Wildman–Crippen MR) is 100 cm³/mol. The number of nitrogens with two attached hydrogens (primary N) is 2. The number of benzene rings is 2. The van der Waals surface area contributed by atoms with Crippen LogP contribution in [-0.2, 0) is 0 Å². The van der Waals surface area contributed by atoms with Crippen molar-refractivity contribution in [3.05, 3.63) is 48.5 Å². The van der Waals surface area contributed by atoms with Gasteiger partial charge in [0.2, 0.25) is 0 Å². The second-order valence-corrected chi connectivity index (χ2v) is 7.20. The maximum Gasteiger partial charge on any atom is 0.119 e. The molecule has 4 N–H and O–H groups in total. The molecule has 2 aromatic carbocycles. The summed E-state index contributed by atoms with van der Waals surface area (Å²) in [6.45, 7) is 9.19. The van der Waals surface area contributed by atoms with Crippen LogP contribution in [0.5, 0.6) is 11.5 Å². The predicted octanol–water partition coefficient (Wildman–Crippen LogP) is 4.36. The molecule has 4 nitrogen and oxygen atoms in total. The quantitative estimate of drug-likeness (QED) is 0.741. The lowest BCUT2D eigenvalue weighted by atomic mass is 9.81. The highest BCUT2D eigenvalue weighted by atomic mass is 16.5. The fourth-order valence-electron chi connectivity index (χ4n) is 2.81. The van der Waals surface area contributed by atoms with Gasteiger partial charge < -0.3 is 20.9 Å². The Morgan fingerprint density at radius 2 is 1.29 bits per heavy atom. The highest BCUT2D eigenvalue weighted by Crippen LogP contribution is 2.32. The fraction of sp³-hybridized carbons (Fsp3) is 0.400. The molecule has 1 unspecified atom stereocenters. The lowest BCUT2D eigenvalue weighted by Gasteiger charge is -2.37. The third kappa shape index (κ3) is 4.82. The molecule has 24 heavy (non-hydrogen) atoms. The zero-order chi connectivity index (χ0) is 17.7. The first-order valence-corrected chi connectivity index (χ1v) is 8.28. The third-order valence-electron chi connectivity index (χ3n) is 4.01. The molecule has 2 rings (SSSR count). The number of rotatable bonds is 7. The SMILES string of the molecule is CC(C)C(Oc1ccc(N)cc1)C(C)(C)COc1ccc(N)cc1. The van der Waals surface area contributed by atoms with Crippen molar-refractivity contribution >= 4 is 11.4 Å². The van der Waals surface area contributed by atoms with Gasteiger partial charge in [0.1, 0.15) is 17.6 Å². The molecule has 0 heterocycles. The molecule has 0 amide bonds. The minimum absolute atomic E-state index is 0.00917. The molecule has 130 valence electrons. The van der Waals surface area contributed by atoms with Gasteiger partial charge in [0.05, 0.1) is 6.61 Å². The minimum atomic E-state index is -0.170. The Bertz CT molecular complexity index is 634. The van der Waals surface area contributed by atoms with Crippen LogP contribution < -0.4 is 20.9 Å². The first-order valence-electron chi connectivity index (χ1n) is 8.28. The highest BCUT2D eigenvalue weighted by molar-refractivity contribution is 5.42. The molecule has 1 atom stereocenters. The van der Waals surface area contributed by atoms with Gasteiger partial charge in [-0.15, -0.1) is 0 Å². The van der Waals surface area contributed by atoms with Gasteiger partial charge in [0.25, 0.3) is 0 Å². The average molecular weight is 328 g/mol. The monoisotopic (exact) mass is 328 g/mol. The van der Waals surface area contributed by atoms with Gasteiger partial charge in [-0.25, -0.2) is 0 Å². The van der Waals surface area contributed by atoms with E-state index in [1.807, 2.05) is 48.5 Å². The second kappa shape index (κ2) is 7.47. The van der Waals surface area contributed by atoms with Gasteiger partial charge in [-0.05, 0) is 54.4 Å². The molecule has 0 bridgehead atoms. The van der Waals surface area contributed by atoms with E-state index in [1.54, 1.807) is 0 Å². The van der Waals surface area contributed by atoms with Crippen molar-refractivity contribution in [2.24, 2.45) is 11.3 Å². The van der Waals surface area contributed by atoms with Crippen LogP contribution in [0.25, 0.3) is 0 Å². The van der Waals surface area contributed by atoms with Crippen LogP contribution in [0.3, 0.4) is 0 Å². The van der Waals surface area contributed by atoms with E-state index in [2.05, 4.69) is 27.7 Å². The van der Waals surface area contributed by atoms with E-state index in [0.717, 1.165) is 22.9 Å². The van der Waals surface area contributed by atoms with Crippen LogP contribution in [0, 0.1) is 11.3 Å². The molecule has 0 aromatic heterocycles. The third-order valence-corrected chi connectivity index (χ3v) is 4.01. The molecule has 0 radical (unpaired) electrons. The molecule has 0 fully saturated rings. The Labute approximate surface area is 144 Å². The van der Waals surface area contributed by atoms with Gasteiger partial charge in [0, 0.05) is 16.8 Å². The van der Waals surface area contributed by atoms with E-state index < -0.39 is 0 Å². The zero-order valence-electron chi connectivity index (χ0n) is 15.0. The molecular weight excluding hydrogens is 300 g/mol. The van der Waals surface area contributed by atoms with Crippen LogP contribution in [0.15, 0.2) is 48.5 Å². The van der Waals surface area contributed by atoms with Gasteiger partial charge in [-0.3, -0.25) is 0 Å². The minimum Gasteiger partial charge on any atom is -0.493 e. The van der Waals surface area contributed by atoms with Gasteiger partial charge in [-0.1, -0.05) is 27.7 Å². The zero-order valence-corrected chi connectivity index (χ0v) is 15.0. The van der Waals surface area contributed by atoms with Crippen LogP contribution in [0.2, 0.25) is 0 Å². The molecule has 0 spiro atoms.